The fourth-order valence-corrected chi connectivity index (χ4v) is 4.12. The van der Waals surface area contributed by atoms with Crippen molar-refractivity contribution in [3.8, 4) is 5.75 Å². The highest BCUT2D eigenvalue weighted by molar-refractivity contribution is 9.10. The summed E-state index contributed by atoms with van der Waals surface area (Å²) in [5.41, 5.74) is 2.01. The van der Waals surface area contributed by atoms with Gasteiger partial charge in [0.25, 0.3) is 11.8 Å². The Morgan fingerprint density at radius 2 is 1.70 bits per heavy atom. The molecule has 0 atom stereocenters. The molecule has 1 fully saturated rings. The summed E-state index contributed by atoms with van der Waals surface area (Å²) >= 11 is 20.7. The molecule has 0 radical (unpaired) electrons. The van der Waals surface area contributed by atoms with Crippen LogP contribution >= 0.6 is 51.3 Å². The maximum absolute atomic E-state index is 13.1. The van der Waals surface area contributed by atoms with Crippen LogP contribution in [0.25, 0.3) is 6.08 Å². The predicted molar refractivity (Wildman–Crippen MR) is 138 cm³/mol. The Labute approximate surface area is 214 Å². The molecule has 5 nitrogen and oxygen atoms in total. The third-order valence-electron chi connectivity index (χ3n) is 4.79. The van der Waals surface area contributed by atoms with Gasteiger partial charge in [0.05, 0.1) is 5.69 Å². The van der Waals surface area contributed by atoms with Crippen molar-refractivity contribution in [3.05, 3.63) is 97.9 Å². The number of hydrogen-bond acceptors (Lipinski definition) is 4. The van der Waals surface area contributed by atoms with E-state index < -0.39 is 11.8 Å². The Morgan fingerprint density at radius 3 is 2.36 bits per heavy atom. The zero-order valence-corrected chi connectivity index (χ0v) is 20.8. The van der Waals surface area contributed by atoms with Crippen LogP contribution in [0.5, 0.6) is 5.75 Å². The standard InChI is InChI=1S/C24H15BrCl2N2O3S/c25-16-4-7-18(8-5-16)29-23(31)20(22(30)28-24(29)33)11-14-1-9-19(10-2-14)32-13-15-3-6-17(26)12-21(15)27/h1-12H,13H2,(H,28,30,33)/b20-11+. The Balaban J connectivity index is 1.51. The van der Waals surface area contributed by atoms with Crippen molar-refractivity contribution in [1.82, 2.24) is 5.32 Å². The summed E-state index contributed by atoms with van der Waals surface area (Å²) < 4.78 is 6.64. The van der Waals surface area contributed by atoms with E-state index in [9.17, 15) is 9.59 Å². The lowest BCUT2D eigenvalue weighted by Crippen LogP contribution is -2.54. The Hall–Kier alpha value is -2.71. The van der Waals surface area contributed by atoms with E-state index in [1.54, 1.807) is 66.7 Å². The van der Waals surface area contributed by atoms with Gasteiger partial charge in [-0.15, -0.1) is 0 Å². The SMILES string of the molecule is O=C1NC(=S)N(c2ccc(Br)cc2)C(=O)/C1=C/c1ccc(OCc2ccc(Cl)cc2Cl)cc1. The minimum Gasteiger partial charge on any atom is -0.489 e. The van der Waals surface area contributed by atoms with Crippen molar-refractivity contribution < 1.29 is 14.3 Å². The number of hydrogen-bond donors (Lipinski definition) is 1. The summed E-state index contributed by atoms with van der Waals surface area (Å²) in [5.74, 6) is -0.430. The molecule has 0 aromatic heterocycles. The summed E-state index contributed by atoms with van der Waals surface area (Å²) in [6, 6.07) is 19.3. The van der Waals surface area contributed by atoms with E-state index in [1.807, 2.05) is 0 Å². The second kappa shape index (κ2) is 10.1. The largest absolute Gasteiger partial charge is 0.489 e. The van der Waals surface area contributed by atoms with E-state index in [4.69, 9.17) is 40.2 Å². The predicted octanol–water partition coefficient (Wildman–Crippen LogP) is 6.17. The van der Waals surface area contributed by atoms with Crippen molar-refractivity contribution in [2.75, 3.05) is 4.90 Å². The monoisotopic (exact) mass is 560 g/mol. The molecule has 1 N–H and O–H groups in total. The maximum Gasteiger partial charge on any atom is 0.270 e. The molecule has 1 aliphatic heterocycles. The first-order chi connectivity index (χ1) is 15.8. The molecule has 0 spiro atoms. The van der Waals surface area contributed by atoms with Gasteiger partial charge in [-0.1, -0.05) is 57.3 Å². The highest BCUT2D eigenvalue weighted by Gasteiger charge is 2.34. The highest BCUT2D eigenvalue weighted by atomic mass is 79.9. The van der Waals surface area contributed by atoms with Crippen LogP contribution < -0.4 is 15.0 Å². The number of halogens is 3. The van der Waals surface area contributed by atoms with Crippen LogP contribution in [0, 0.1) is 0 Å². The first kappa shape index (κ1) is 23.4. The summed E-state index contributed by atoms with van der Waals surface area (Å²) in [7, 11) is 0. The molecule has 0 aliphatic carbocycles. The number of rotatable bonds is 5. The normalized spacial score (nSPS) is 15.1. The molecule has 3 aromatic carbocycles. The van der Waals surface area contributed by atoms with E-state index in [0.717, 1.165) is 10.0 Å². The molecular formula is C24H15BrCl2N2O3S. The van der Waals surface area contributed by atoms with Gasteiger partial charge in [-0.3, -0.25) is 19.8 Å². The zero-order valence-electron chi connectivity index (χ0n) is 16.8. The van der Waals surface area contributed by atoms with E-state index in [-0.39, 0.29) is 17.3 Å². The van der Waals surface area contributed by atoms with Gasteiger partial charge in [0.1, 0.15) is 17.9 Å². The maximum atomic E-state index is 13.1. The van der Waals surface area contributed by atoms with Gasteiger partial charge in [-0.05, 0) is 72.4 Å². The minimum absolute atomic E-state index is 0.0202. The number of amides is 2. The number of nitrogens with zero attached hydrogens (tertiary/aromatic N) is 1. The number of benzene rings is 3. The number of thiocarbonyl (C=S) groups is 1. The molecule has 4 rings (SSSR count). The molecule has 9 heteroatoms. The van der Waals surface area contributed by atoms with Crippen molar-refractivity contribution in [2.45, 2.75) is 6.61 Å². The fraction of sp³-hybridized carbons (Fsp3) is 0.0417. The van der Waals surface area contributed by atoms with Crippen LogP contribution in [-0.4, -0.2) is 16.9 Å². The fourth-order valence-electron chi connectivity index (χ4n) is 3.11. The number of nitrogens with one attached hydrogen (secondary N) is 1. The molecule has 1 saturated heterocycles. The zero-order chi connectivity index (χ0) is 23.5. The lowest BCUT2D eigenvalue weighted by atomic mass is 10.1. The first-order valence-electron chi connectivity index (χ1n) is 9.65. The second-order valence-corrected chi connectivity index (χ2v) is 9.17. The van der Waals surface area contributed by atoms with Gasteiger partial charge in [0.2, 0.25) is 0 Å². The number of ether oxygens (including phenoxy) is 1. The van der Waals surface area contributed by atoms with Crippen LogP contribution in [0.1, 0.15) is 11.1 Å². The van der Waals surface area contributed by atoms with Crippen molar-refractivity contribution in [1.29, 1.82) is 0 Å². The van der Waals surface area contributed by atoms with E-state index in [0.29, 0.717) is 27.0 Å². The van der Waals surface area contributed by atoms with Crippen LogP contribution in [0.2, 0.25) is 10.0 Å². The molecule has 0 bridgehead atoms. The number of anilines is 1. The smallest absolute Gasteiger partial charge is 0.270 e. The summed E-state index contributed by atoms with van der Waals surface area (Å²) in [4.78, 5) is 26.8. The third-order valence-corrected chi connectivity index (χ3v) is 6.19. The van der Waals surface area contributed by atoms with Gasteiger partial charge in [-0.25, -0.2) is 0 Å². The summed E-state index contributed by atoms with van der Waals surface area (Å²) in [6.45, 7) is 0.275. The average Bonchev–Trinajstić information content (AvgIpc) is 2.78. The van der Waals surface area contributed by atoms with Gasteiger partial charge in [-0.2, -0.15) is 0 Å². The molecule has 3 aromatic rings. The Kier molecular flexibility index (Phi) is 7.14. The molecule has 1 aliphatic rings. The van der Waals surface area contributed by atoms with E-state index in [2.05, 4.69) is 21.2 Å². The lowest BCUT2D eigenvalue weighted by Gasteiger charge is -2.29. The van der Waals surface area contributed by atoms with Gasteiger partial charge >= 0.3 is 0 Å². The second-order valence-electron chi connectivity index (χ2n) is 7.03. The Bertz CT molecular complexity index is 1280. The van der Waals surface area contributed by atoms with Crippen LogP contribution in [0.15, 0.2) is 76.8 Å². The summed E-state index contributed by atoms with van der Waals surface area (Å²) in [6.07, 6.45) is 1.52. The van der Waals surface area contributed by atoms with E-state index >= 15 is 0 Å². The minimum atomic E-state index is -0.545. The molecule has 0 unspecified atom stereocenters. The Morgan fingerprint density at radius 1 is 1.00 bits per heavy atom. The highest BCUT2D eigenvalue weighted by Crippen LogP contribution is 2.25. The third kappa shape index (κ3) is 5.45. The molecule has 166 valence electrons. The van der Waals surface area contributed by atoms with Crippen molar-refractivity contribution in [2.24, 2.45) is 0 Å². The van der Waals surface area contributed by atoms with Gasteiger partial charge < -0.3 is 4.74 Å². The van der Waals surface area contributed by atoms with Gasteiger partial charge in [0, 0.05) is 20.1 Å². The quantitative estimate of drug-likeness (QED) is 0.230. The van der Waals surface area contributed by atoms with Crippen LogP contribution in [-0.2, 0) is 16.2 Å². The van der Waals surface area contributed by atoms with Crippen molar-refractivity contribution in [3.63, 3.8) is 0 Å². The average molecular weight is 562 g/mol. The van der Waals surface area contributed by atoms with Gasteiger partial charge in [0.15, 0.2) is 5.11 Å². The molecule has 1 heterocycles. The number of carbonyl (C=O) groups excluding carboxylic acids is 2. The molecule has 2 amide bonds. The number of carbonyl (C=O) groups is 2. The molecule has 33 heavy (non-hydrogen) atoms. The summed E-state index contributed by atoms with van der Waals surface area (Å²) in [5, 5.41) is 3.69. The van der Waals surface area contributed by atoms with Crippen LogP contribution in [0.4, 0.5) is 5.69 Å². The molecular weight excluding hydrogens is 547 g/mol. The van der Waals surface area contributed by atoms with Crippen molar-refractivity contribution >= 4 is 80.0 Å². The first-order valence-corrected chi connectivity index (χ1v) is 11.6. The lowest BCUT2D eigenvalue weighted by molar-refractivity contribution is -0.122. The van der Waals surface area contributed by atoms with Crippen LogP contribution in [0.3, 0.4) is 0 Å². The van der Waals surface area contributed by atoms with E-state index in [1.165, 1.54) is 11.0 Å². The topological polar surface area (TPSA) is 58.6 Å². The molecule has 0 saturated carbocycles.